The second kappa shape index (κ2) is 4.87. The smallest absolute Gasteiger partial charge is 0.369 e. The van der Waals surface area contributed by atoms with Gasteiger partial charge in [-0.15, -0.1) is 0 Å². The average molecular weight is 356 g/mol. The zero-order valence-electron chi connectivity index (χ0n) is 9.17. The van der Waals surface area contributed by atoms with Crippen molar-refractivity contribution in [3.8, 4) is 0 Å². The summed E-state index contributed by atoms with van der Waals surface area (Å²) in [4.78, 5) is 22.1. The predicted molar refractivity (Wildman–Crippen MR) is 65.2 cm³/mol. The summed E-state index contributed by atoms with van der Waals surface area (Å²) in [7, 11) is 1.35. The van der Waals surface area contributed by atoms with Crippen LogP contribution in [-0.4, -0.2) is 23.6 Å². The lowest BCUT2D eigenvalue weighted by atomic mass is 9.98. The largest absolute Gasteiger partial charge is 0.469 e. The van der Waals surface area contributed by atoms with E-state index in [2.05, 4.69) is 36.6 Å². The first-order chi connectivity index (χ1) is 7.32. The third kappa shape index (κ3) is 2.66. The van der Waals surface area contributed by atoms with E-state index >= 15 is 0 Å². The van der Waals surface area contributed by atoms with Gasteiger partial charge in [-0.2, -0.15) is 0 Å². The molecule has 0 aromatic rings. The first-order valence-electron chi connectivity index (χ1n) is 4.68. The number of allylic oxidation sites excluding steroid dienone is 1. The molecule has 0 aromatic carbocycles. The van der Waals surface area contributed by atoms with Crippen molar-refractivity contribution in [2.75, 3.05) is 7.11 Å². The molecule has 0 N–H and O–H groups in total. The molecular formula is C10H12Br2O4. The van der Waals surface area contributed by atoms with Crippen molar-refractivity contribution < 1.29 is 19.1 Å². The van der Waals surface area contributed by atoms with Crippen LogP contribution in [0.15, 0.2) is 10.1 Å². The molecule has 0 bridgehead atoms. The van der Waals surface area contributed by atoms with Crippen molar-refractivity contribution in [3.63, 3.8) is 0 Å². The van der Waals surface area contributed by atoms with E-state index in [0.29, 0.717) is 4.48 Å². The maximum Gasteiger partial charge on any atom is 0.369 e. The van der Waals surface area contributed by atoms with Crippen molar-refractivity contribution in [2.45, 2.75) is 24.8 Å². The second-order valence-corrected chi connectivity index (χ2v) is 5.57. The van der Waals surface area contributed by atoms with Gasteiger partial charge in [-0.3, -0.25) is 4.79 Å². The first-order valence-corrected chi connectivity index (χ1v) is 6.27. The molecule has 0 saturated carbocycles. The van der Waals surface area contributed by atoms with E-state index < -0.39 is 4.51 Å². The van der Waals surface area contributed by atoms with Gasteiger partial charge in [-0.25, -0.2) is 4.79 Å². The molecule has 1 fully saturated rings. The van der Waals surface area contributed by atoms with Crippen LogP contribution in [0.4, 0.5) is 0 Å². The Hall–Kier alpha value is -0.360. The van der Waals surface area contributed by atoms with Gasteiger partial charge in [-0.05, 0) is 44.7 Å². The topological polar surface area (TPSA) is 55.9 Å². The number of hydrogen-bond acceptors (Lipinski definition) is 4. The molecular weight excluding hydrogens is 344 g/mol. The molecule has 4 nitrogen and oxygen atoms in total. The Morgan fingerprint density at radius 1 is 1.62 bits per heavy atom. The molecule has 6 heteroatoms. The lowest BCUT2D eigenvalue weighted by Gasteiger charge is -2.13. The summed E-state index contributed by atoms with van der Waals surface area (Å²) < 4.78 is 9.01. The zero-order valence-corrected chi connectivity index (χ0v) is 12.3. The highest BCUT2D eigenvalue weighted by Gasteiger charge is 2.59. The molecule has 1 rings (SSSR count). The molecule has 0 aromatic heterocycles. The molecule has 1 heterocycles. The predicted octanol–water partition coefficient (Wildman–Crippen LogP) is 2.50. The van der Waals surface area contributed by atoms with E-state index in [1.165, 1.54) is 7.11 Å². The van der Waals surface area contributed by atoms with Gasteiger partial charge in [-0.1, -0.05) is 12.5 Å². The maximum atomic E-state index is 11.1. The number of cyclic esters (lactones) is 1. The van der Waals surface area contributed by atoms with Gasteiger partial charge in [0.25, 0.3) is 4.51 Å². The lowest BCUT2D eigenvalue weighted by Crippen LogP contribution is -2.12. The van der Waals surface area contributed by atoms with Crippen LogP contribution < -0.4 is 0 Å². The molecule has 1 aliphatic rings. The van der Waals surface area contributed by atoms with Crippen LogP contribution in [0.5, 0.6) is 0 Å². The summed E-state index contributed by atoms with van der Waals surface area (Å²) >= 11 is 6.49. The van der Waals surface area contributed by atoms with Gasteiger partial charge in [0.1, 0.15) is 0 Å². The van der Waals surface area contributed by atoms with Crippen LogP contribution in [-0.2, 0) is 19.1 Å². The van der Waals surface area contributed by atoms with Crippen LogP contribution in [0.1, 0.15) is 20.3 Å². The van der Waals surface area contributed by atoms with Crippen molar-refractivity contribution in [1.82, 2.24) is 0 Å². The van der Waals surface area contributed by atoms with E-state index in [9.17, 15) is 9.59 Å². The van der Waals surface area contributed by atoms with Gasteiger partial charge in [0, 0.05) is 0 Å². The van der Waals surface area contributed by atoms with Gasteiger partial charge in [0.15, 0.2) is 0 Å². The highest BCUT2D eigenvalue weighted by Crippen LogP contribution is 2.48. The number of halogens is 2. The fourth-order valence-corrected chi connectivity index (χ4v) is 2.29. The van der Waals surface area contributed by atoms with Gasteiger partial charge in [0.2, 0.25) is 0 Å². The quantitative estimate of drug-likeness (QED) is 0.441. The minimum Gasteiger partial charge on any atom is -0.469 e. The summed E-state index contributed by atoms with van der Waals surface area (Å²) in [6.45, 7) is 3.73. The summed E-state index contributed by atoms with van der Waals surface area (Å²) in [6.07, 6.45) is 0.273. The van der Waals surface area contributed by atoms with Gasteiger partial charge < -0.3 is 9.47 Å². The number of epoxide rings is 1. The van der Waals surface area contributed by atoms with Gasteiger partial charge >= 0.3 is 11.9 Å². The summed E-state index contributed by atoms with van der Waals surface area (Å²) in [5, 5.41) is 0. The van der Waals surface area contributed by atoms with E-state index in [4.69, 9.17) is 4.74 Å². The van der Waals surface area contributed by atoms with Crippen molar-refractivity contribution in [1.29, 1.82) is 0 Å². The van der Waals surface area contributed by atoms with Crippen LogP contribution in [0.2, 0.25) is 0 Å². The monoisotopic (exact) mass is 354 g/mol. The van der Waals surface area contributed by atoms with Gasteiger partial charge in [0.05, 0.1) is 18.0 Å². The normalized spacial score (nSPS) is 26.7. The zero-order chi connectivity index (χ0) is 12.5. The molecule has 90 valence electrons. The number of ether oxygens (including phenoxy) is 2. The number of carbonyl (C=O) groups is 2. The number of esters is 1. The van der Waals surface area contributed by atoms with Crippen molar-refractivity contribution in [3.05, 3.63) is 10.1 Å². The highest BCUT2D eigenvalue weighted by molar-refractivity contribution is 9.14. The van der Waals surface area contributed by atoms with Crippen LogP contribution in [0, 0.1) is 5.92 Å². The third-order valence-corrected chi connectivity index (χ3v) is 5.12. The molecule has 2 atom stereocenters. The summed E-state index contributed by atoms with van der Waals surface area (Å²) in [5.74, 6) is -0.629. The summed E-state index contributed by atoms with van der Waals surface area (Å²) in [5.41, 5.74) is 0.883. The second-order valence-electron chi connectivity index (χ2n) is 3.66. The molecule has 0 amide bonds. The minimum atomic E-state index is -1.03. The molecule has 0 aliphatic carbocycles. The highest BCUT2D eigenvalue weighted by atomic mass is 79.9. The molecule has 0 radical (unpaired) electrons. The molecule has 16 heavy (non-hydrogen) atoms. The maximum absolute atomic E-state index is 11.1. The fraction of sp³-hybridized carbons (Fsp3) is 0.600. The van der Waals surface area contributed by atoms with E-state index in [1.807, 2.05) is 13.8 Å². The number of hydrogen-bond donors (Lipinski definition) is 0. The number of rotatable bonds is 4. The molecule has 2 unspecified atom stereocenters. The Labute approximate surface area is 111 Å². The molecule has 1 saturated heterocycles. The third-order valence-electron chi connectivity index (χ3n) is 2.52. The van der Waals surface area contributed by atoms with Crippen molar-refractivity contribution >= 4 is 43.8 Å². The Kier molecular flexibility index (Phi) is 4.17. The minimum absolute atomic E-state index is 0.0201. The van der Waals surface area contributed by atoms with E-state index in [1.54, 1.807) is 0 Å². The Bertz CT molecular complexity index is 364. The number of methoxy groups -OCH3 is 1. The first kappa shape index (κ1) is 13.7. The van der Waals surface area contributed by atoms with Crippen LogP contribution in [0.3, 0.4) is 0 Å². The number of alkyl halides is 1. The van der Waals surface area contributed by atoms with E-state index in [0.717, 1.165) is 5.57 Å². The summed E-state index contributed by atoms with van der Waals surface area (Å²) in [6, 6.07) is 0. The van der Waals surface area contributed by atoms with Crippen molar-refractivity contribution in [2.24, 2.45) is 5.92 Å². The Morgan fingerprint density at radius 3 is 2.50 bits per heavy atom. The average Bonchev–Trinajstić information content (AvgIpc) is 2.85. The lowest BCUT2D eigenvalue weighted by molar-refractivity contribution is -0.141. The van der Waals surface area contributed by atoms with E-state index in [-0.39, 0.29) is 24.3 Å². The van der Waals surface area contributed by atoms with Crippen LogP contribution >= 0.6 is 31.9 Å². The number of carbonyl (C=O) groups excluding carboxylic acids is 2. The molecule has 0 spiro atoms. The Morgan fingerprint density at radius 2 is 2.12 bits per heavy atom. The fourth-order valence-electron chi connectivity index (χ4n) is 1.19. The van der Waals surface area contributed by atoms with Crippen LogP contribution in [0.25, 0.3) is 0 Å². The standard InChI is InChI=1S/C10H12Br2O4/c1-5(4-7(13)15-3)6(2)8(11)10(12)9(14)16-10/h5H,4H2,1-3H3. The SMILES string of the molecule is COC(=O)CC(C)C(C)=C(Br)C1(Br)OC1=O. The molecule has 1 aliphatic heterocycles. The Balaban J connectivity index is 2.76.